The molecule has 4 N–H and O–H groups in total. The van der Waals surface area contributed by atoms with Gasteiger partial charge in [-0.3, -0.25) is 23.7 Å². The fraction of sp³-hybridized carbons (Fsp3) is 0.600. The van der Waals surface area contributed by atoms with Crippen molar-refractivity contribution in [2.24, 2.45) is 29.4 Å². The van der Waals surface area contributed by atoms with Gasteiger partial charge < -0.3 is 30.2 Å². The molecular weight excluding hydrogens is 872 g/mol. The van der Waals surface area contributed by atoms with Gasteiger partial charge >= 0.3 is 12.3 Å². The van der Waals surface area contributed by atoms with Gasteiger partial charge in [-0.15, -0.1) is 0 Å². The van der Waals surface area contributed by atoms with Gasteiger partial charge in [-0.2, -0.15) is 13.2 Å². The first-order valence-electron chi connectivity index (χ1n) is 22.1. The molecule has 1 unspecified atom stereocenters. The number of fused-ring (bicyclic) bond motifs is 1. The summed E-state index contributed by atoms with van der Waals surface area (Å²) in [4.78, 5) is 64.1. The molecule has 3 aliphatic rings. The maximum Gasteiger partial charge on any atom is 0.427 e. The molecule has 0 radical (unpaired) electrons. The van der Waals surface area contributed by atoms with Crippen LogP contribution in [0.3, 0.4) is 0 Å². The molecule has 3 heterocycles. The van der Waals surface area contributed by atoms with E-state index in [1.807, 2.05) is 19.1 Å². The lowest BCUT2D eigenvalue weighted by Gasteiger charge is -2.34. The number of pyridine rings is 1. The summed E-state index contributed by atoms with van der Waals surface area (Å²) in [5.74, 6) is -1.91. The number of alkyl carbamates (subject to hydrolysis) is 1. The van der Waals surface area contributed by atoms with Gasteiger partial charge in [-0.05, 0) is 95.6 Å². The van der Waals surface area contributed by atoms with Crippen LogP contribution in [-0.4, -0.2) is 100 Å². The zero-order valence-corrected chi connectivity index (χ0v) is 38.4. The van der Waals surface area contributed by atoms with Gasteiger partial charge in [0.05, 0.1) is 23.9 Å². The van der Waals surface area contributed by atoms with E-state index in [0.717, 1.165) is 12.8 Å². The smallest absolute Gasteiger partial charge is 0.427 e. The number of nitrogens with two attached hydrogens (primary N) is 1. The van der Waals surface area contributed by atoms with Crippen LogP contribution in [0.2, 0.25) is 0 Å². The number of alkyl halides is 3. The van der Waals surface area contributed by atoms with Crippen molar-refractivity contribution in [3.8, 4) is 17.3 Å². The summed E-state index contributed by atoms with van der Waals surface area (Å²) in [6.45, 7) is 6.65. The van der Waals surface area contributed by atoms with E-state index in [1.54, 1.807) is 61.4 Å². The quantitative estimate of drug-likeness (QED) is 0.110. The third-order valence-corrected chi connectivity index (χ3v) is 15.3. The number of rotatable bonds is 19. The predicted octanol–water partition coefficient (Wildman–Crippen LogP) is 6.50. The highest BCUT2D eigenvalue weighted by atomic mass is 32.2. The highest BCUT2D eigenvalue weighted by Crippen LogP contribution is 2.43. The van der Waals surface area contributed by atoms with E-state index in [9.17, 15) is 40.8 Å². The molecule has 1 aliphatic heterocycles. The number of amides is 4. The normalized spacial score (nSPS) is 22.3. The first-order chi connectivity index (χ1) is 30.6. The first kappa shape index (κ1) is 49.0. The van der Waals surface area contributed by atoms with Crippen LogP contribution in [0.1, 0.15) is 98.8 Å². The minimum absolute atomic E-state index is 0.0159. The summed E-state index contributed by atoms with van der Waals surface area (Å²) in [5, 5.41) is 3.05. The van der Waals surface area contributed by atoms with Gasteiger partial charge in [-0.25, -0.2) is 23.2 Å². The third-order valence-electron chi connectivity index (χ3n) is 13.1. The fourth-order valence-corrected chi connectivity index (χ4v) is 9.94. The van der Waals surface area contributed by atoms with Crippen LogP contribution in [0, 0.1) is 23.7 Å². The minimum Gasteiger partial charge on any atom is -0.497 e. The number of benzene rings is 1. The number of hydrogen-bond donors (Lipinski definition) is 3. The number of primary amides is 1. The fourth-order valence-electron chi connectivity index (χ4n) is 8.64. The molecule has 6 rings (SSSR count). The van der Waals surface area contributed by atoms with Crippen molar-refractivity contribution in [1.29, 1.82) is 0 Å². The zero-order chi connectivity index (χ0) is 47.5. The van der Waals surface area contributed by atoms with E-state index in [0.29, 0.717) is 87.0 Å². The molecule has 3 fully saturated rings. The van der Waals surface area contributed by atoms with Crippen molar-refractivity contribution in [3.63, 3.8) is 0 Å². The number of allylic oxidation sites excluding steroid dienone is 2. The Labute approximate surface area is 377 Å². The molecular formula is C45H60F3N7O9S. The lowest BCUT2D eigenvalue weighted by Crippen LogP contribution is -2.57. The van der Waals surface area contributed by atoms with Crippen molar-refractivity contribution >= 4 is 44.7 Å². The number of carbonyl (C=O) groups excluding carboxylic acids is 4. The van der Waals surface area contributed by atoms with Crippen molar-refractivity contribution in [2.75, 3.05) is 13.7 Å². The number of hydrogen-bond acceptors (Lipinski definition) is 11. The van der Waals surface area contributed by atoms with E-state index >= 15 is 0 Å². The van der Waals surface area contributed by atoms with Crippen LogP contribution in [0.25, 0.3) is 16.7 Å². The summed E-state index contributed by atoms with van der Waals surface area (Å²) in [5.41, 5.74) is 3.53. The Kier molecular flexibility index (Phi) is 14.8. The number of imidazole rings is 1. The Morgan fingerprint density at radius 1 is 1.12 bits per heavy atom. The SMILES string of the molecule is CC[C@H](C[C@H](C)CC/C=C\[C@@H]1CCCC1C(=O)NS(=O)(=O)C1(C)CC1)[C@H](NC(=O)OC(C)(C)C(F)(F)F)C(=O)N1C[C@H](Oc2cc(-n3ccnc3)nc3cc(OC)ccc23)C[C@H]1C(N)=O. The Morgan fingerprint density at radius 2 is 1.86 bits per heavy atom. The van der Waals surface area contributed by atoms with E-state index in [1.165, 1.54) is 12.0 Å². The molecule has 1 saturated heterocycles. The third kappa shape index (κ3) is 11.4. The lowest BCUT2D eigenvalue weighted by atomic mass is 9.84. The predicted molar refractivity (Wildman–Crippen MR) is 234 cm³/mol. The van der Waals surface area contributed by atoms with E-state index in [-0.39, 0.29) is 24.8 Å². The molecule has 1 aromatic carbocycles. The molecule has 65 heavy (non-hydrogen) atoms. The number of halogens is 3. The van der Waals surface area contributed by atoms with Crippen LogP contribution in [0.4, 0.5) is 18.0 Å². The molecule has 0 bridgehead atoms. The number of nitrogens with zero attached hydrogens (tertiary/aromatic N) is 4. The zero-order valence-electron chi connectivity index (χ0n) is 37.6. The number of methoxy groups -OCH3 is 1. The number of ether oxygens (including phenoxy) is 3. The Bertz CT molecular complexity index is 2360. The van der Waals surface area contributed by atoms with Crippen molar-refractivity contribution in [1.82, 2.24) is 29.5 Å². The van der Waals surface area contributed by atoms with E-state index < -0.39 is 80.4 Å². The minimum atomic E-state index is -4.92. The van der Waals surface area contributed by atoms with E-state index in [2.05, 4.69) is 15.0 Å². The molecule has 356 valence electrons. The van der Waals surface area contributed by atoms with Gasteiger partial charge in [0.25, 0.3) is 0 Å². The van der Waals surface area contributed by atoms with Crippen LogP contribution in [0.15, 0.2) is 55.1 Å². The number of aromatic nitrogens is 3. The molecule has 2 aliphatic carbocycles. The summed E-state index contributed by atoms with van der Waals surface area (Å²) < 4.78 is 86.8. The van der Waals surface area contributed by atoms with Gasteiger partial charge in [0.1, 0.15) is 41.8 Å². The van der Waals surface area contributed by atoms with Crippen LogP contribution < -0.4 is 25.2 Å². The maximum atomic E-state index is 14.7. The Hall–Kier alpha value is -5.40. The molecule has 16 nitrogen and oxygen atoms in total. The summed E-state index contributed by atoms with van der Waals surface area (Å²) >= 11 is 0. The molecule has 2 aromatic heterocycles. The monoisotopic (exact) mass is 931 g/mol. The Morgan fingerprint density at radius 3 is 2.49 bits per heavy atom. The maximum absolute atomic E-state index is 14.7. The lowest BCUT2D eigenvalue weighted by molar-refractivity contribution is -0.244. The summed E-state index contributed by atoms with van der Waals surface area (Å²) in [6.07, 6.45) is 6.63. The van der Waals surface area contributed by atoms with Gasteiger partial charge in [0.2, 0.25) is 33.3 Å². The topological polar surface area (TPSA) is 214 Å². The largest absolute Gasteiger partial charge is 0.497 e. The number of carbonyl (C=O) groups is 4. The van der Waals surface area contributed by atoms with Crippen molar-refractivity contribution < 1.29 is 55.0 Å². The highest BCUT2D eigenvalue weighted by molar-refractivity contribution is 7.91. The molecule has 3 aromatic rings. The first-order valence-corrected chi connectivity index (χ1v) is 23.6. The molecule has 0 spiro atoms. The Balaban J connectivity index is 1.18. The van der Waals surface area contributed by atoms with Gasteiger partial charge in [0.15, 0.2) is 0 Å². The second-order valence-corrected chi connectivity index (χ2v) is 20.6. The summed E-state index contributed by atoms with van der Waals surface area (Å²) in [7, 11) is -2.23. The number of sulfonamides is 1. The van der Waals surface area contributed by atoms with E-state index in [4.69, 9.17) is 24.9 Å². The second-order valence-electron chi connectivity index (χ2n) is 18.4. The highest BCUT2D eigenvalue weighted by Gasteiger charge is 2.53. The van der Waals surface area contributed by atoms with Gasteiger partial charge in [0, 0.05) is 42.3 Å². The molecule has 20 heteroatoms. The molecule has 4 amide bonds. The van der Waals surface area contributed by atoms with Crippen LogP contribution in [-0.2, 0) is 29.1 Å². The second kappa shape index (κ2) is 19.6. The van der Waals surface area contributed by atoms with Crippen LogP contribution in [0.5, 0.6) is 11.5 Å². The van der Waals surface area contributed by atoms with Crippen LogP contribution >= 0.6 is 0 Å². The average molecular weight is 932 g/mol. The number of likely N-dealkylation sites (tertiary alicyclic amines) is 1. The van der Waals surface area contributed by atoms with Crippen molar-refractivity contribution in [2.45, 2.75) is 134 Å². The summed E-state index contributed by atoms with van der Waals surface area (Å²) in [6, 6.07) is 4.34. The molecule has 7 atom stereocenters. The standard InChI is InChI=1S/C45H60F3N7O9S/c1-7-28(21-27(2)11-8-9-12-29-13-10-14-32(29)40(57)53-65(60,61)44(5)17-18-44)38(52-42(59)64-43(3,4)45(46,47)48)41(58)55-25-31(23-35(55)39(49)56)63-36-24-37(54-20-19-50-26-54)51-34-22-30(62-6)15-16-33(34)36/h9,12,15-16,19-20,22,24,26-29,31-32,35,38H,7-8,10-11,13-14,17-18,21,23,25H2,1-6H3,(H2,49,56)(H,52,59)(H,53,57)/b12-9-/t27-,28-,29-,31-,32?,35+,38+/m1/s1. The number of nitrogens with one attached hydrogen (secondary N) is 2. The molecule has 2 saturated carbocycles. The van der Waals surface area contributed by atoms with Crippen molar-refractivity contribution in [3.05, 3.63) is 55.1 Å². The average Bonchev–Trinajstić information content (AvgIpc) is 3.63. The van der Waals surface area contributed by atoms with Gasteiger partial charge in [-0.1, -0.05) is 38.8 Å².